The van der Waals surface area contributed by atoms with E-state index in [-0.39, 0.29) is 0 Å². The van der Waals surface area contributed by atoms with E-state index in [0.717, 1.165) is 60.3 Å². The van der Waals surface area contributed by atoms with E-state index in [1.54, 1.807) is 0 Å². The fourth-order valence-electron chi connectivity index (χ4n) is 5.33. The van der Waals surface area contributed by atoms with Gasteiger partial charge in [0.2, 0.25) is 0 Å². The van der Waals surface area contributed by atoms with Crippen LogP contribution >= 0.6 is 0 Å². The lowest BCUT2D eigenvalue weighted by atomic mass is 9.77. The number of nitrogens with zero attached hydrogens (tertiary/aromatic N) is 1. The van der Waals surface area contributed by atoms with Gasteiger partial charge in [0.15, 0.2) is 0 Å². The van der Waals surface area contributed by atoms with E-state index in [9.17, 15) is 0 Å². The Morgan fingerprint density at radius 2 is 1.31 bits per heavy atom. The van der Waals surface area contributed by atoms with Crippen LogP contribution in [0, 0.1) is 0 Å². The maximum Gasteiger partial charge on any atom is 0.497 e. The molecule has 3 heterocycles. The number of hydrogen-bond acceptors (Lipinski definition) is 4. The standard InChI is InChI=1S/C31H26BNO3/c1-30(2)31(3,4)36-32(35-30)23-15-10-14-21-26-22(28(33-29(21)23)19-11-6-5-7-12-19)17-18-25-27(26)20-13-8-9-16-24(20)34-25/h5-18H,1-4H3. The van der Waals surface area contributed by atoms with Gasteiger partial charge in [-0.2, -0.15) is 0 Å². The van der Waals surface area contributed by atoms with Crippen LogP contribution in [0.15, 0.2) is 89.3 Å². The Balaban J connectivity index is 1.64. The molecular weight excluding hydrogens is 445 g/mol. The van der Waals surface area contributed by atoms with Crippen molar-refractivity contribution in [2.45, 2.75) is 38.9 Å². The largest absolute Gasteiger partial charge is 0.497 e. The fourth-order valence-corrected chi connectivity index (χ4v) is 5.33. The molecule has 1 aliphatic heterocycles. The molecule has 4 aromatic carbocycles. The zero-order valence-corrected chi connectivity index (χ0v) is 20.8. The molecule has 0 saturated carbocycles. The van der Waals surface area contributed by atoms with Crippen molar-refractivity contribution in [3.63, 3.8) is 0 Å². The summed E-state index contributed by atoms with van der Waals surface area (Å²) in [4.78, 5) is 5.29. The Morgan fingerprint density at radius 3 is 2.08 bits per heavy atom. The maximum atomic E-state index is 6.48. The van der Waals surface area contributed by atoms with Crippen LogP contribution in [0.5, 0.6) is 0 Å². The summed E-state index contributed by atoms with van der Waals surface area (Å²) < 4.78 is 19.2. The Labute approximate surface area is 210 Å². The molecule has 0 amide bonds. The average Bonchev–Trinajstić information content (AvgIpc) is 3.36. The van der Waals surface area contributed by atoms with E-state index in [1.165, 1.54) is 0 Å². The molecule has 4 nitrogen and oxygen atoms in total. The summed E-state index contributed by atoms with van der Waals surface area (Å²) in [7, 11) is -0.507. The molecule has 0 radical (unpaired) electrons. The summed E-state index contributed by atoms with van der Waals surface area (Å²) in [5.41, 5.74) is 4.72. The average molecular weight is 471 g/mol. The second-order valence-electron chi connectivity index (χ2n) is 10.6. The van der Waals surface area contributed by atoms with E-state index in [1.807, 2.05) is 18.2 Å². The third-order valence-electron chi connectivity index (χ3n) is 7.91. The molecule has 1 aliphatic rings. The van der Waals surface area contributed by atoms with Crippen LogP contribution < -0.4 is 5.46 Å². The Kier molecular flexibility index (Phi) is 4.45. The highest BCUT2D eigenvalue weighted by Gasteiger charge is 2.52. The van der Waals surface area contributed by atoms with Crippen molar-refractivity contribution in [1.82, 2.24) is 4.98 Å². The van der Waals surface area contributed by atoms with Crippen LogP contribution in [0.3, 0.4) is 0 Å². The number of furan rings is 1. The van der Waals surface area contributed by atoms with Gasteiger partial charge < -0.3 is 13.7 Å². The number of pyridine rings is 1. The minimum atomic E-state index is -0.507. The van der Waals surface area contributed by atoms with E-state index >= 15 is 0 Å². The summed E-state index contributed by atoms with van der Waals surface area (Å²) in [6.45, 7) is 8.32. The second-order valence-corrected chi connectivity index (χ2v) is 10.6. The first kappa shape index (κ1) is 21.6. The Bertz CT molecular complexity index is 1790. The molecule has 0 N–H and O–H groups in total. The van der Waals surface area contributed by atoms with Gasteiger partial charge >= 0.3 is 7.12 Å². The van der Waals surface area contributed by atoms with Gasteiger partial charge in [-0.25, -0.2) is 4.98 Å². The normalized spacial score (nSPS) is 17.1. The minimum absolute atomic E-state index is 0.438. The van der Waals surface area contributed by atoms with Crippen molar-refractivity contribution in [2.75, 3.05) is 0 Å². The molecule has 1 fully saturated rings. The summed E-state index contributed by atoms with van der Waals surface area (Å²) >= 11 is 0. The topological polar surface area (TPSA) is 44.5 Å². The van der Waals surface area contributed by atoms with E-state index in [2.05, 4.69) is 94.4 Å². The molecule has 0 atom stereocenters. The predicted octanol–water partition coefficient (Wildman–Crippen LogP) is 7.25. The molecule has 0 spiro atoms. The molecule has 6 aromatic rings. The highest BCUT2D eigenvalue weighted by atomic mass is 16.7. The zero-order valence-electron chi connectivity index (χ0n) is 20.8. The van der Waals surface area contributed by atoms with Crippen LogP contribution in [0.4, 0.5) is 0 Å². The second kappa shape index (κ2) is 7.42. The third-order valence-corrected chi connectivity index (χ3v) is 7.91. The molecule has 5 heteroatoms. The summed E-state index contributed by atoms with van der Waals surface area (Å²) in [5, 5.41) is 5.51. The highest BCUT2D eigenvalue weighted by molar-refractivity contribution is 6.65. The van der Waals surface area contributed by atoms with Crippen LogP contribution in [-0.2, 0) is 9.31 Å². The molecule has 1 saturated heterocycles. The summed E-state index contributed by atoms with van der Waals surface area (Å²) in [5.74, 6) is 0. The monoisotopic (exact) mass is 471 g/mol. The quantitative estimate of drug-likeness (QED) is 0.197. The third kappa shape index (κ3) is 3.00. The molecule has 0 unspecified atom stereocenters. The molecule has 7 rings (SSSR count). The molecule has 176 valence electrons. The van der Waals surface area contributed by atoms with Gasteiger partial charge in [-0.1, -0.05) is 66.7 Å². The first-order valence-corrected chi connectivity index (χ1v) is 12.4. The zero-order chi connectivity index (χ0) is 24.7. The Morgan fingerprint density at radius 1 is 0.611 bits per heavy atom. The number of fused-ring (bicyclic) bond motifs is 7. The number of aromatic nitrogens is 1. The van der Waals surface area contributed by atoms with Gasteiger partial charge in [-0.05, 0) is 45.9 Å². The molecule has 0 aliphatic carbocycles. The SMILES string of the molecule is CC1(C)OB(c2cccc3c2nc(-c2ccccc2)c2ccc4oc5ccccc5c4c23)OC1(C)C. The van der Waals surface area contributed by atoms with Crippen LogP contribution in [0.1, 0.15) is 27.7 Å². The van der Waals surface area contributed by atoms with E-state index in [0.29, 0.717) is 0 Å². The van der Waals surface area contributed by atoms with Crippen molar-refractivity contribution in [2.24, 2.45) is 0 Å². The van der Waals surface area contributed by atoms with E-state index < -0.39 is 18.3 Å². The first-order valence-electron chi connectivity index (χ1n) is 12.4. The number of para-hydroxylation sites is 2. The van der Waals surface area contributed by atoms with Gasteiger partial charge in [0, 0.05) is 38.0 Å². The van der Waals surface area contributed by atoms with Crippen molar-refractivity contribution < 1.29 is 13.7 Å². The fraction of sp³-hybridized carbons (Fsp3) is 0.194. The van der Waals surface area contributed by atoms with Crippen LogP contribution in [0.2, 0.25) is 0 Å². The lowest BCUT2D eigenvalue weighted by molar-refractivity contribution is 0.00578. The van der Waals surface area contributed by atoms with Gasteiger partial charge in [0.25, 0.3) is 0 Å². The smallest absolute Gasteiger partial charge is 0.456 e. The van der Waals surface area contributed by atoms with Crippen molar-refractivity contribution in [1.29, 1.82) is 0 Å². The predicted molar refractivity (Wildman–Crippen MR) is 148 cm³/mol. The van der Waals surface area contributed by atoms with Crippen molar-refractivity contribution >= 4 is 56.2 Å². The molecule has 0 bridgehead atoms. The van der Waals surface area contributed by atoms with Crippen LogP contribution in [0.25, 0.3) is 54.9 Å². The summed E-state index contributed by atoms with van der Waals surface area (Å²) in [6, 6.07) is 29.1. The van der Waals surface area contributed by atoms with Gasteiger partial charge in [0.1, 0.15) is 11.2 Å². The summed E-state index contributed by atoms with van der Waals surface area (Å²) in [6.07, 6.45) is 0. The lowest BCUT2D eigenvalue weighted by Crippen LogP contribution is -2.41. The van der Waals surface area contributed by atoms with Gasteiger partial charge in [0.05, 0.1) is 22.4 Å². The molecule has 36 heavy (non-hydrogen) atoms. The first-order chi connectivity index (χ1) is 17.3. The van der Waals surface area contributed by atoms with Crippen molar-refractivity contribution in [3.8, 4) is 11.3 Å². The molecular formula is C31H26BNO3. The maximum absolute atomic E-state index is 6.48. The van der Waals surface area contributed by atoms with Gasteiger partial charge in [-0.3, -0.25) is 0 Å². The van der Waals surface area contributed by atoms with E-state index in [4.69, 9.17) is 18.7 Å². The lowest BCUT2D eigenvalue weighted by Gasteiger charge is -2.32. The Hall–Kier alpha value is -3.67. The number of hydrogen-bond donors (Lipinski definition) is 0. The number of rotatable bonds is 2. The molecule has 2 aromatic heterocycles. The highest BCUT2D eigenvalue weighted by Crippen LogP contribution is 2.42. The van der Waals surface area contributed by atoms with Gasteiger partial charge in [-0.15, -0.1) is 0 Å². The van der Waals surface area contributed by atoms with Crippen molar-refractivity contribution in [3.05, 3.63) is 84.9 Å². The minimum Gasteiger partial charge on any atom is -0.456 e. The van der Waals surface area contributed by atoms with Crippen LogP contribution in [-0.4, -0.2) is 23.3 Å². The number of benzene rings is 4.